The van der Waals surface area contributed by atoms with Gasteiger partial charge in [-0.25, -0.2) is 13.1 Å². The molecule has 2 aromatic heterocycles. The summed E-state index contributed by atoms with van der Waals surface area (Å²) in [5, 5.41) is 10.2. The summed E-state index contributed by atoms with van der Waals surface area (Å²) in [7, 11) is -1.27. The van der Waals surface area contributed by atoms with E-state index < -0.39 is 9.84 Å². The third-order valence-corrected chi connectivity index (χ3v) is 5.84. The molecule has 2 aromatic carbocycles. The molecule has 0 aliphatic carbocycles. The molecule has 0 unspecified atom stereocenters. The van der Waals surface area contributed by atoms with Crippen LogP contribution in [0.5, 0.6) is 0 Å². The van der Waals surface area contributed by atoms with Crippen LogP contribution in [0.2, 0.25) is 0 Å². The molecule has 4 aromatic rings. The molecule has 0 radical (unpaired) electrons. The van der Waals surface area contributed by atoms with Crippen molar-refractivity contribution in [2.45, 2.75) is 18.2 Å². The van der Waals surface area contributed by atoms with Gasteiger partial charge in [-0.05, 0) is 42.8 Å². The Morgan fingerprint density at radius 1 is 1.04 bits per heavy atom. The second-order valence-electron chi connectivity index (χ2n) is 6.55. The predicted molar refractivity (Wildman–Crippen MR) is 106 cm³/mol. The minimum atomic E-state index is -3.22. The zero-order valence-corrected chi connectivity index (χ0v) is 16.2. The largest absolute Gasteiger partial charge is 0.268 e. The van der Waals surface area contributed by atoms with Gasteiger partial charge >= 0.3 is 0 Å². The van der Waals surface area contributed by atoms with E-state index in [-0.39, 0.29) is 0 Å². The summed E-state index contributed by atoms with van der Waals surface area (Å²) in [6.07, 6.45) is 3.83. The molecule has 0 aliphatic rings. The Morgan fingerprint density at radius 2 is 1.78 bits per heavy atom. The van der Waals surface area contributed by atoms with E-state index in [1.165, 1.54) is 6.26 Å². The van der Waals surface area contributed by atoms with Crippen molar-refractivity contribution in [3.8, 4) is 16.9 Å². The maximum atomic E-state index is 11.7. The van der Waals surface area contributed by atoms with Crippen molar-refractivity contribution in [3.05, 3.63) is 60.4 Å². The number of fused-ring (bicyclic) bond motifs is 1. The predicted octanol–water partition coefficient (Wildman–Crippen LogP) is 3.39. The minimum Gasteiger partial charge on any atom is -0.268 e. The zero-order chi connectivity index (χ0) is 19.2. The molecule has 0 saturated heterocycles. The normalized spacial score (nSPS) is 12.0. The maximum Gasteiger partial charge on any atom is 0.175 e. The third-order valence-electron chi connectivity index (χ3n) is 4.71. The van der Waals surface area contributed by atoms with Crippen molar-refractivity contribution in [2.24, 2.45) is 7.05 Å². The molecule has 4 rings (SSSR count). The molecule has 0 atom stereocenters. The Bertz CT molecular complexity index is 1230. The van der Waals surface area contributed by atoms with Gasteiger partial charge < -0.3 is 0 Å². The fourth-order valence-corrected chi connectivity index (χ4v) is 3.95. The number of benzene rings is 2. The van der Waals surface area contributed by atoms with Crippen molar-refractivity contribution < 1.29 is 8.42 Å². The summed E-state index contributed by atoms with van der Waals surface area (Å²) >= 11 is 0. The molecule has 0 amide bonds. The van der Waals surface area contributed by atoms with E-state index in [2.05, 4.69) is 35.3 Å². The maximum absolute atomic E-state index is 11.7. The molecule has 27 heavy (non-hydrogen) atoms. The Morgan fingerprint density at radius 3 is 2.44 bits per heavy atom. The number of rotatable bonds is 4. The number of aromatic nitrogens is 4. The standard InChI is InChI=1S/C20H20N4O2S/c1-4-18-17-10-5-14(13-20(17)23(2)22-18)19-11-12-21-24(19)15-6-8-16(9-7-15)27(3,25)26/h5-13H,4H2,1-3H3. The molecule has 6 nitrogen and oxygen atoms in total. The lowest BCUT2D eigenvalue weighted by Crippen LogP contribution is -2.01. The SMILES string of the molecule is CCc1nn(C)c2cc(-c3ccnn3-c3ccc(S(C)(=O)=O)cc3)ccc12. The highest BCUT2D eigenvalue weighted by Crippen LogP contribution is 2.28. The summed E-state index contributed by atoms with van der Waals surface area (Å²) in [6.45, 7) is 2.10. The summed E-state index contributed by atoms with van der Waals surface area (Å²) in [5.41, 5.74) is 4.93. The first-order valence-corrected chi connectivity index (χ1v) is 10.6. The van der Waals surface area contributed by atoms with E-state index in [1.807, 2.05) is 22.5 Å². The fourth-order valence-electron chi connectivity index (χ4n) is 3.31. The minimum absolute atomic E-state index is 0.295. The summed E-state index contributed by atoms with van der Waals surface area (Å²) in [6, 6.07) is 15.0. The van der Waals surface area contributed by atoms with Crippen molar-refractivity contribution in [1.82, 2.24) is 19.6 Å². The average Bonchev–Trinajstić information content (AvgIpc) is 3.26. The highest BCUT2D eigenvalue weighted by molar-refractivity contribution is 7.90. The Balaban J connectivity index is 1.80. The van der Waals surface area contributed by atoms with Crippen molar-refractivity contribution in [1.29, 1.82) is 0 Å². The molecule has 0 spiro atoms. The van der Waals surface area contributed by atoms with E-state index in [0.717, 1.165) is 40.0 Å². The van der Waals surface area contributed by atoms with E-state index in [1.54, 1.807) is 30.5 Å². The van der Waals surface area contributed by atoms with Gasteiger partial charge in [-0.2, -0.15) is 10.2 Å². The number of hydrogen-bond acceptors (Lipinski definition) is 4. The van der Waals surface area contributed by atoms with Crippen LogP contribution in [0.3, 0.4) is 0 Å². The van der Waals surface area contributed by atoms with Gasteiger partial charge in [0.15, 0.2) is 9.84 Å². The average molecular weight is 380 g/mol. The van der Waals surface area contributed by atoms with Gasteiger partial charge in [-0.15, -0.1) is 0 Å². The molecule has 0 bridgehead atoms. The molecule has 138 valence electrons. The monoisotopic (exact) mass is 380 g/mol. The quantitative estimate of drug-likeness (QED) is 0.544. The van der Waals surface area contributed by atoms with Crippen LogP contribution in [0.15, 0.2) is 59.6 Å². The molecule has 7 heteroatoms. The first-order valence-electron chi connectivity index (χ1n) is 8.69. The van der Waals surface area contributed by atoms with E-state index in [9.17, 15) is 8.42 Å². The van der Waals surface area contributed by atoms with E-state index >= 15 is 0 Å². The Hall–Kier alpha value is -2.93. The van der Waals surface area contributed by atoms with Crippen molar-refractivity contribution in [3.63, 3.8) is 0 Å². The van der Waals surface area contributed by atoms with Gasteiger partial charge in [-0.3, -0.25) is 4.68 Å². The molecular formula is C20H20N4O2S. The molecule has 0 saturated carbocycles. The molecule has 0 aliphatic heterocycles. The number of hydrogen-bond donors (Lipinski definition) is 0. The zero-order valence-electron chi connectivity index (χ0n) is 15.4. The van der Waals surface area contributed by atoms with Crippen LogP contribution in [0.1, 0.15) is 12.6 Å². The lowest BCUT2D eigenvalue weighted by Gasteiger charge is -2.09. The van der Waals surface area contributed by atoms with Gasteiger partial charge in [-0.1, -0.05) is 19.1 Å². The lowest BCUT2D eigenvalue weighted by molar-refractivity contribution is 0.602. The van der Waals surface area contributed by atoms with Gasteiger partial charge in [0.05, 0.1) is 33.7 Å². The summed E-state index contributed by atoms with van der Waals surface area (Å²) in [4.78, 5) is 0.295. The first kappa shape index (κ1) is 17.5. The van der Waals surface area contributed by atoms with Crippen LogP contribution in [0.4, 0.5) is 0 Å². The van der Waals surface area contributed by atoms with Crippen molar-refractivity contribution >= 4 is 20.7 Å². The highest BCUT2D eigenvalue weighted by Gasteiger charge is 2.13. The molecular weight excluding hydrogens is 360 g/mol. The second kappa shape index (κ2) is 6.35. The molecule has 2 heterocycles. The Kier molecular flexibility index (Phi) is 4.11. The van der Waals surface area contributed by atoms with Crippen LogP contribution in [-0.4, -0.2) is 34.2 Å². The van der Waals surface area contributed by atoms with Crippen LogP contribution >= 0.6 is 0 Å². The number of sulfone groups is 1. The topological polar surface area (TPSA) is 69.8 Å². The van der Waals surface area contributed by atoms with Gasteiger partial charge in [0.2, 0.25) is 0 Å². The second-order valence-corrected chi connectivity index (χ2v) is 8.57. The lowest BCUT2D eigenvalue weighted by atomic mass is 10.1. The summed E-state index contributed by atoms with van der Waals surface area (Å²) in [5.74, 6) is 0. The van der Waals surface area contributed by atoms with Gasteiger partial charge in [0.25, 0.3) is 0 Å². The smallest absolute Gasteiger partial charge is 0.175 e. The van der Waals surface area contributed by atoms with Crippen molar-refractivity contribution in [2.75, 3.05) is 6.26 Å². The fraction of sp³-hybridized carbons (Fsp3) is 0.200. The highest BCUT2D eigenvalue weighted by atomic mass is 32.2. The van der Waals surface area contributed by atoms with Gasteiger partial charge in [0, 0.05) is 24.3 Å². The van der Waals surface area contributed by atoms with E-state index in [4.69, 9.17) is 0 Å². The number of aryl methyl sites for hydroxylation is 2. The molecule has 0 N–H and O–H groups in total. The molecule has 0 fully saturated rings. The van der Waals surface area contributed by atoms with Crippen LogP contribution in [-0.2, 0) is 23.3 Å². The third kappa shape index (κ3) is 3.04. The van der Waals surface area contributed by atoms with E-state index in [0.29, 0.717) is 4.90 Å². The van der Waals surface area contributed by atoms with Crippen LogP contribution in [0, 0.1) is 0 Å². The number of nitrogens with zero attached hydrogens (tertiary/aromatic N) is 4. The first-order chi connectivity index (χ1) is 12.9. The summed E-state index contributed by atoms with van der Waals surface area (Å²) < 4.78 is 27.1. The van der Waals surface area contributed by atoms with Gasteiger partial charge in [0.1, 0.15) is 0 Å². The van der Waals surface area contributed by atoms with Crippen LogP contribution < -0.4 is 0 Å². The Labute approximate surface area is 158 Å². The van der Waals surface area contributed by atoms with Crippen LogP contribution in [0.25, 0.3) is 27.8 Å².